The van der Waals surface area contributed by atoms with Gasteiger partial charge in [0.1, 0.15) is 0 Å². The van der Waals surface area contributed by atoms with Gasteiger partial charge in [-0.15, -0.1) is 12.4 Å². The molecule has 0 amide bonds. The Labute approximate surface area is 64.3 Å². The van der Waals surface area contributed by atoms with Gasteiger partial charge in [-0.3, -0.25) is 0 Å². The van der Waals surface area contributed by atoms with Crippen molar-refractivity contribution in [2.75, 3.05) is 13.1 Å². The van der Waals surface area contributed by atoms with E-state index in [4.69, 9.17) is 0 Å². The topological polar surface area (TPSA) is 21.3 Å². The van der Waals surface area contributed by atoms with Crippen LogP contribution in [-0.2, 0) is 4.74 Å². The van der Waals surface area contributed by atoms with Crippen LogP contribution < -0.4 is 5.32 Å². The second kappa shape index (κ2) is 3.46. The molecule has 1 aliphatic heterocycles. The van der Waals surface area contributed by atoms with Crippen LogP contribution in [0, 0.1) is 0 Å². The van der Waals surface area contributed by atoms with E-state index < -0.39 is 6.11 Å². The summed E-state index contributed by atoms with van der Waals surface area (Å²) in [5.74, 6) is 0. The third-order valence-corrected chi connectivity index (χ3v) is 1.12. The zero-order chi connectivity index (χ0) is 6.91. The first-order valence-corrected chi connectivity index (χ1v) is 2.84. The highest BCUT2D eigenvalue weighted by Crippen LogP contribution is 2.17. The summed E-state index contributed by atoms with van der Waals surface area (Å²) in [6, 6.07) is 0. The Morgan fingerprint density at radius 1 is 1.50 bits per heavy atom. The van der Waals surface area contributed by atoms with E-state index >= 15 is 0 Å². The Bertz CT molecular complexity index is 102. The molecule has 0 aromatic carbocycles. The minimum atomic E-state index is -2.97. The summed E-state index contributed by atoms with van der Waals surface area (Å²) < 4.78 is 28.2. The fraction of sp³-hybridized carbons (Fsp3) is 1.00. The van der Waals surface area contributed by atoms with E-state index in [1.807, 2.05) is 0 Å². The summed E-state index contributed by atoms with van der Waals surface area (Å²) in [6.07, 6.45) is -3.25. The van der Waals surface area contributed by atoms with Gasteiger partial charge >= 0.3 is 6.11 Å². The maximum Gasteiger partial charge on any atom is 0.353 e. The summed E-state index contributed by atoms with van der Waals surface area (Å²) >= 11 is 0. The van der Waals surface area contributed by atoms with E-state index in [1.54, 1.807) is 0 Å². The lowest BCUT2D eigenvalue weighted by atomic mass is 10.2. The number of halogens is 3. The van der Waals surface area contributed by atoms with Crippen LogP contribution in [0.2, 0.25) is 0 Å². The third-order valence-electron chi connectivity index (χ3n) is 1.12. The number of hydrogen-bond donors (Lipinski definition) is 1. The Kier molecular flexibility index (Phi) is 3.48. The molecule has 0 aromatic heterocycles. The van der Waals surface area contributed by atoms with Crippen LogP contribution in [0.15, 0.2) is 0 Å². The molecule has 0 spiro atoms. The predicted octanol–water partition coefficient (Wildman–Crippen LogP) is 1.01. The van der Waals surface area contributed by atoms with E-state index in [0.717, 1.165) is 6.92 Å². The van der Waals surface area contributed by atoms with E-state index in [-0.39, 0.29) is 18.5 Å². The number of rotatable bonds is 2. The van der Waals surface area contributed by atoms with Gasteiger partial charge < -0.3 is 10.1 Å². The number of nitrogens with one attached hydrogen (secondary N) is 1. The van der Waals surface area contributed by atoms with Crippen molar-refractivity contribution in [3.63, 3.8) is 0 Å². The van der Waals surface area contributed by atoms with Crippen molar-refractivity contribution in [1.82, 2.24) is 5.32 Å². The largest absolute Gasteiger partial charge is 0.353 e. The molecule has 1 saturated heterocycles. The van der Waals surface area contributed by atoms with Crippen molar-refractivity contribution < 1.29 is 13.5 Å². The Hall–Kier alpha value is 0.0700. The highest BCUT2D eigenvalue weighted by molar-refractivity contribution is 5.85. The number of hydrogen-bond acceptors (Lipinski definition) is 2. The van der Waals surface area contributed by atoms with Gasteiger partial charge in [-0.05, 0) is 0 Å². The van der Waals surface area contributed by atoms with Crippen molar-refractivity contribution in [3.8, 4) is 0 Å². The molecule has 0 saturated carbocycles. The van der Waals surface area contributed by atoms with Crippen molar-refractivity contribution in [3.05, 3.63) is 0 Å². The molecule has 62 valence electrons. The van der Waals surface area contributed by atoms with Gasteiger partial charge in [0.2, 0.25) is 0 Å². The fourth-order valence-electron chi connectivity index (χ4n) is 0.638. The third kappa shape index (κ3) is 3.29. The fourth-order valence-corrected chi connectivity index (χ4v) is 0.638. The van der Waals surface area contributed by atoms with Gasteiger partial charge in [0.05, 0.1) is 6.10 Å². The Morgan fingerprint density at radius 3 is 2.10 bits per heavy atom. The zero-order valence-corrected chi connectivity index (χ0v) is 6.38. The highest BCUT2D eigenvalue weighted by atomic mass is 35.5. The minimum Gasteiger partial charge on any atom is -0.315 e. The molecule has 0 aromatic rings. The summed E-state index contributed by atoms with van der Waals surface area (Å²) in [6.45, 7) is 1.85. The summed E-state index contributed by atoms with van der Waals surface area (Å²) in [4.78, 5) is 0. The van der Waals surface area contributed by atoms with E-state index in [9.17, 15) is 8.78 Å². The molecule has 1 fully saturated rings. The summed E-state index contributed by atoms with van der Waals surface area (Å²) in [7, 11) is 0. The molecule has 0 aliphatic carbocycles. The van der Waals surface area contributed by atoms with Crippen molar-refractivity contribution in [1.29, 1.82) is 0 Å². The van der Waals surface area contributed by atoms with Crippen LogP contribution in [0.5, 0.6) is 0 Å². The van der Waals surface area contributed by atoms with Crippen LogP contribution in [0.1, 0.15) is 6.92 Å². The number of alkyl halides is 2. The van der Waals surface area contributed by atoms with E-state index in [1.165, 1.54) is 0 Å². The minimum absolute atomic E-state index is 0. The van der Waals surface area contributed by atoms with Gasteiger partial charge in [-0.2, -0.15) is 8.78 Å². The van der Waals surface area contributed by atoms with Crippen molar-refractivity contribution in [2.24, 2.45) is 0 Å². The van der Waals surface area contributed by atoms with E-state index in [0.29, 0.717) is 13.1 Å². The maximum atomic E-state index is 11.9. The van der Waals surface area contributed by atoms with Gasteiger partial charge in [0, 0.05) is 20.0 Å². The average Bonchev–Trinajstić information content (AvgIpc) is 1.53. The molecular weight excluding hydrogens is 164 g/mol. The SMILES string of the molecule is CC(F)(F)OC1CNC1.Cl. The molecule has 0 atom stereocenters. The Morgan fingerprint density at radius 2 is 2.00 bits per heavy atom. The normalized spacial score (nSPS) is 19.5. The van der Waals surface area contributed by atoms with Gasteiger partial charge in [-0.1, -0.05) is 0 Å². The molecule has 1 aliphatic rings. The standard InChI is InChI=1S/C5H9F2NO.ClH/c1-5(6,7)9-4-2-8-3-4;/h4,8H,2-3H2,1H3;1H. The zero-order valence-electron chi connectivity index (χ0n) is 5.56. The van der Waals surface area contributed by atoms with Crippen LogP contribution in [-0.4, -0.2) is 25.3 Å². The molecule has 1 rings (SSSR count). The molecule has 1 heterocycles. The second-order valence-corrected chi connectivity index (χ2v) is 2.21. The lowest BCUT2D eigenvalue weighted by Crippen LogP contribution is -2.50. The van der Waals surface area contributed by atoms with Crippen LogP contribution in [0.3, 0.4) is 0 Å². The summed E-state index contributed by atoms with van der Waals surface area (Å²) in [5.41, 5.74) is 0. The van der Waals surface area contributed by atoms with Gasteiger partial charge in [0.15, 0.2) is 0 Å². The lowest BCUT2D eigenvalue weighted by molar-refractivity contribution is -0.256. The highest BCUT2D eigenvalue weighted by Gasteiger charge is 2.30. The second-order valence-electron chi connectivity index (χ2n) is 2.21. The molecule has 0 unspecified atom stereocenters. The lowest BCUT2D eigenvalue weighted by Gasteiger charge is -2.29. The first-order valence-electron chi connectivity index (χ1n) is 2.84. The van der Waals surface area contributed by atoms with Crippen LogP contribution in [0.4, 0.5) is 8.78 Å². The van der Waals surface area contributed by atoms with Crippen molar-refractivity contribution in [2.45, 2.75) is 19.1 Å². The average molecular weight is 174 g/mol. The van der Waals surface area contributed by atoms with Crippen LogP contribution in [0.25, 0.3) is 0 Å². The molecule has 0 bridgehead atoms. The molecule has 0 radical (unpaired) electrons. The first kappa shape index (κ1) is 10.1. The molecule has 1 N–H and O–H groups in total. The smallest absolute Gasteiger partial charge is 0.315 e. The summed E-state index contributed by atoms with van der Waals surface area (Å²) in [5, 5.41) is 2.83. The maximum absolute atomic E-state index is 11.9. The number of ether oxygens (including phenoxy) is 1. The van der Waals surface area contributed by atoms with E-state index in [2.05, 4.69) is 10.1 Å². The van der Waals surface area contributed by atoms with Crippen molar-refractivity contribution >= 4 is 12.4 Å². The molecule has 10 heavy (non-hydrogen) atoms. The Balaban J connectivity index is 0.000000810. The first-order chi connectivity index (χ1) is 4.08. The monoisotopic (exact) mass is 173 g/mol. The quantitative estimate of drug-likeness (QED) is 0.673. The van der Waals surface area contributed by atoms with Crippen LogP contribution >= 0.6 is 12.4 Å². The predicted molar refractivity (Wildman–Crippen MR) is 35.6 cm³/mol. The molecular formula is C5H10ClF2NO. The van der Waals surface area contributed by atoms with Gasteiger partial charge in [0.25, 0.3) is 0 Å². The molecule has 5 heteroatoms. The molecule has 2 nitrogen and oxygen atoms in total. The van der Waals surface area contributed by atoms with Gasteiger partial charge in [-0.25, -0.2) is 0 Å².